The van der Waals surface area contributed by atoms with Crippen molar-refractivity contribution in [2.75, 3.05) is 18.4 Å². The van der Waals surface area contributed by atoms with Crippen LogP contribution >= 0.6 is 0 Å². The Morgan fingerprint density at radius 2 is 1.72 bits per heavy atom. The van der Waals surface area contributed by atoms with Crippen LogP contribution in [-0.2, 0) is 26.4 Å². The number of hydrogen-bond donors (Lipinski definition) is 1. The van der Waals surface area contributed by atoms with Crippen LogP contribution in [-0.4, -0.2) is 41.5 Å². The summed E-state index contributed by atoms with van der Waals surface area (Å²) in [6, 6.07) is 12.8. The SMILES string of the molecule is Cc1ccccc1-n1nc(C(C)(C)C)cc1NC(=O)CN(CCC(C)C)S(=O)(=O)c1cccc(C(F)(F)F)c1. The number of nitrogens with one attached hydrogen (secondary N) is 1. The zero-order valence-corrected chi connectivity index (χ0v) is 23.8. The van der Waals surface area contributed by atoms with Crippen LogP contribution in [0.15, 0.2) is 59.5 Å². The maximum absolute atomic E-state index is 13.4. The van der Waals surface area contributed by atoms with Gasteiger partial charge in [0, 0.05) is 18.0 Å². The lowest BCUT2D eigenvalue weighted by atomic mass is 9.92. The van der Waals surface area contributed by atoms with E-state index in [1.165, 1.54) is 0 Å². The van der Waals surface area contributed by atoms with E-state index in [9.17, 15) is 26.4 Å². The molecule has 212 valence electrons. The van der Waals surface area contributed by atoms with Crippen molar-refractivity contribution in [1.29, 1.82) is 0 Å². The molecule has 0 unspecified atom stereocenters. The van der Waals surface area contributed by atoms with Gasteiger partial charge >= 0.3 is 6.18 Å². The Morgan fingerprint density at radius 3 is 2.31 bits per heavy atom. The van der Waals surface area contributed by atoms with Gasteiger partial charge in [0.15, 0.2) is 0 Å². The molecule has 11 heteroatoms. The van der Waals surface area contributed by atoms with Crippen LogP contribution in [0.5, 0.6) is 0 Å². The number of sulfonamides is 1. The normalized spacial score (nSPS) is 12.8. The maximum Gasteiger partial charge on any atom is 0.416 e. The number of anilines is 1. The minimum Gasteiger partial charge on any atom is -0.309 e. The average Bonchev–Trinajstić information content (AvgIpc) is 3.25. The monoisotopic (exact) mass is 564 g/mol. The van der Waals surface area contributed by atoms with Crippen molar-refractivity contribution in [3.63, 3.8) is 0 Å². The summed E-state index contributed by atoms with van der Waals surface area (Å²) < 4.78 is 69.2. The molecule has 2 aromatic carbocycles. The van der Waals surface area contributed by atoms with Crippen LogP contribution in [0.4, 0.5) is 19.0 Å². The molecule has 3 aromatic rings. The van der Waals surface area contributed by atoms with Gasteiger partial charge in [-0.05, 0) is 49.1 Å². The Morgan fingerprint density at radius 1 is 1.05 bits per heavy atom. The molecule has 0 aliphatic heterocycles. The predicted molar refractivity (Wildman–Crippen MR) is 145 cm³/mol. The standard InChI is InChI=1S/C28H35F3N4O3S/c1-19(2)14-15-34(39(37,38)22-12-9-11-21(16-22)28(29,30)31)18-26(36)32-25-17-24(27(4,5)6)33-35(25)23-13-8-7-10-20(23)3/h7-13,16-17,19H,14-15,18H2,1-6H3,(H,32,36). The number of para-hydroxylation sites is 1. The molecule has 1 amide bonds. The van der Waals surface area contributed by atoms with Crippen LogP contribution in [0.1, 0.15) is 57.9 Å². The maximum atomic E-state index is 13.4. The minimum atomic E-state index is -4.70. The Hall–Kier alpha value is -3.18. The van der Waals surface area contributed by atoms with Gasteiger partial charge in [0.1, 0.15) is 5.82 Å². The zero-order chi connectivity index (χ0) is 29.2. The molecule has 0 bridgehead atoms. The lowest BCUT2D eigenvalue weighted by Crippen LogP contribution is -2.39. The molecule has 0 fully saturated rings. The highest BCUT2D eigenvalue weighted by Gasteiger charge is 2.34. The van der Waals surface area contributed by atoms with Gasteiger partial charge in [-0.1, -0.05) is 58.9 Å². The van der Waals surface area contributed by atoms with E-state index in [-0.39, 0.29) is 17.9 Å². The number of aromatic nitrogens is 2. The Labute approximate surface area is 228 Å². The third kappa shape index (κ3) is 7.48. The van der Waals surface area contributed by atoms with Crippen molar-refractivity contribution in [2.24, 2.45) is 5.92 Å². The Balaban J connectivity index is 1.96. The molecule has 1 heterocycles. The first kappa shape index (κ1) is 30.4. The second-order valence-electron chi connectivity index (χ2n) is 11.0. The fourth-order valence-electron chi connectivity index (χ4n) is 3.83. The number of aryl methyl sites for hydroxylation is 1. The minimum absolute atomic E-state index is 0.0338. The van der Waals surface area contributed by atoms with E-state index >= 15 is 0 Å². The van der Waals surface area contributed by atoms with Crippen LogP contribution < -0.4 is 5.32 Å². The number of nitrogens with zero attached hydrogens (tertiary/aromatic N) is 3. The van der Waals surface area contributed by atoms with Gasteiger partial charge in [-0.3, -0.25) is 4.79 Å². The number of alkyl halides is 3. The average molecular weight is 565 g/mol. The van der Waals surface area contributed by atoms with Crippen molar-refractivity contribution in [3.8, 4) is 5.69 Å². The topological polar surface area (TPSA) is 84.3 Å². The van der Waals surface area contributed by atoms with Gasteiger partial charge in [0.05, 0.1) is 28.4 Å². The molecular weight excluding hydrogens is 529 g/mol. The third-order valence-electron chi connectivity index (χ3n) is 6.16. The summed E-state index contributed by atoms with van der Waals surface area (Å²) in [4.78, 5) is 12.7. The van der Waals surface area contributed by atoms with E-state index in [0.717, 1.165) is 33.8 Å². The summed E-state index contributed by atoms with van der Waals surface area (Å²) in [6.07, 6.45) is -4.29. The molecule has 0 saturated carbocycles. The second-order valence-corrected chi connectivity index (χ2v) is 12.9. The summed E-state index contributed by atoms with van der Waals surface area (Å²) in [5.74, 6) is -0.173. The Kier molecular flexibility index (Phi) is 8.96. The molecule has 0 atom stereocenters. The van der Waals surface area contributed by atoms with Crippen molar-refractivity contribution in [3.05, 3.63) is 71.4 Å². The molecule has 0 aliphatic rings. The van der Waals surface area contributed by atoms with Crippen molar-refractivity contribution >= 4 is 21.7 Å². The predicted octanol–water partition coefficient (Wildman–Crippen LogP) is 6.17. The number of carbonyl (C=O) groups excluding carboxylic acids is 1. The lowest BCUT2D eigenvalue weighted by Gasteiger charge is -2.23. The van der Waals surface area contributed by atoms with Gasteiger partial charge in [-0.15, -0.1) is 0 Å². The van der Waals surface area contributed by atoms with Gasteiger partial charge in [0.2, 0.25) is 15.9 Å². The van der Waals surface area contributed by atoms with E-state index in [2.05, 4.69) is 5.32 Å². The van der Waals surface area contributed by atoms with Crippen LogP contribution in [0.2, 0.25) is 0 Å². The fourth-order valence-corrected chi connectivity index (χ4v) is 5.29. The molecular formula is C28H35F3N4O3S. The molecule has 1 N–H and O–H groups in total. The largest absolute Gasteiger partial charge is 0.416 e. The van der Waals surface area contributed by atoms with Gasteiger partial charge in [0.25, 0.3) is 0 Å². The smallest absolute Gasteiger partial charge is 0.309 e. The summed E-state index contributed by atoms with van der Waals surface area (Å²) in [6.45, 7) is 11.0. The first-order chi connectivity index (χ1) is 18.0. The molecule has 0 radical (unpaired) electrons. The molecule has 0 spiro atoms. The lowest BCUT2D eigenvalue weighted by molar-refractivity contribution is -0.137. The van der Waals surface area contributed by atoms with Crippen LogP contribution in [0.3, 0.4) is 0 Å². The first-order valence-electron chi connectivity index (χ1n) is 12.6. The molecule has 0 aliphatic carbocycles. The van der Waals surface area contributed by atoms with E-state index in [1.807, 2.05) is 65.8 Å². The van der Waals surface area contributed by atoms with E-state index < -0.39 is 39.1 Å². The second kappa shape index (κ2) is 11.5. The van der Waals surface area contributed by atoms with Gasteiger partial charge in [-0.2, -0.15) is 22.6 Å². The number of hydrogen-bond acceptors (Lipinski definition) is 4. The number of amides is 1. The highest BCUT2D eigenvalue weighted by Crippen LogP contribution is 2.32. The van der Waals surface area contributed by atoms with E-state index in [4.69, 9.17) is 5.10 Å². The summed E-state index contributed by atoms with van der Waals surface area (Å²) in [7, 11) is -4.40. The third-order valence-corrected chi connectivity index (χ3v) is 8.01. The van der Waals surface area contributed by atoms with Gasteiger partial charge in [-0.25, -0.2) is 13.1 Å². The number of halogens is 3. The summed E-state index contributed by atoms with van der Waals surface area (Å²) in [5, 5.41) is 7.48. The van der Waals surface area contributed by atoms with Crippen LogP contribution in [0.25, 0.3) is 5.69 Å². The van der Waals surface area contributed by atoms with E-state index in [0.29, 0.717) is 24.0 Å². The summed E-state index contributed by atoms with van der Waals surface area (Å²) in [5.41, 5.74) is 0.977. The number of benzene rings is 2. The van der Waals surface area contributed by atoms with Crippen LogP contribution in [0, 0.1) is 12.8 Å². The van der Waals surface area contributed by atoms with E-state index in [1.54, 1.807) is 10.7 Å². The molecule has 7 nitrogen and oxygen atoms in total. The molecule has 39 heavy (non-hydrogen) atoms. The number of rotatable bonds is 9. The molecule has 3 rings (SSSR count). The zero-order valence-electron chi connectivity index (χ0n) is 23.0. The van der Waals surface area contributed by atoms with Crippen molar-refractivity contribution < 1.29 is 26.4 Å². The highest BCUT2D eigenvalue weighted by atomic mass is 32.2. The first-order valence-corrected chi connectivity index (χ1v) is 14.1. The fraction of sp³-hybridized carbons (Fsp3) is 0.429. The summed E-state index contributed by atoms with van der Waals surface area (Å²) >= 11 is 0. The van der Waals surface area contributed by atoms with Crippen molar-refractivity contribution in [1.82, 2.24) is 14.1 Å². The van der Waals surface area contributed by atoms with Gasteiger partial charge < -0.3 is 5.32 Å². The quantitative estimate of drug-likeness (QED) is 0.337. The number of carbonyl (C=O) groups is 1. The van der Waals surface area contributed by atoms with Crippen molar-refractivity contribution in [2.45, 2.75) is 64.5 Å². The Bertz CT molecular complexity index is 1420. The molecule has 1 aromatic heterocycles. The highest BCUT2D eigenvalue weighted by molar-refractivity contribution is 7.89. The molecule has 0 saturated heterocycles.